The average molecular weight is 265 g/mol. The molecule has 0 amide bonds. The molecule has 1 aliphatic heterocycles. The standard InChI is InChI=1S/C15H23NOS/c1-2-3-4-5-8-12(16)14-11-18-15-10-7-6-9-13(15)17-14/h6-7,9-10,12,14H,2-5,8,11,16H2,1H3. The molecule has 2 N–H and O–H groups in total. The Hall–Kier alpha value is -0.670. The lowest BCUT2D eigenvalue weighted by atomic mass is 10.0. The molecule has 0 fully saturated rings. The molecule has 0 spiro atoms. The van der Waals surface area contributed by atoms with Crippen LogP contribution in [0.1, 0.15) is 39.0 Å². The monoisotopic (exact) mass is 265 g/mol. The van der Waals surface area contributed by atoms with Crippen LogP contribution in [-0.2, 0) is 0 Å². The number of hydrogen-bond acceptors (Lipinski definition) is 3. The van der Waals surface area contributed by atoms with E-state index in [1.807, 2.05) is 23.9 Å². The lowest BCUT2D eigenvalue weighted by Gasteiger charge is -2.29. The van der Waals surface area contributed by atoms with E-state index in [-0.39, 0.29) is 12.1 Å². The highest BCUT2D eigenvalue weighted by Gasteiger charge is 2.25. The van der Waals surface area contributed by atoms with Gasteiger partial charge in [-0.1, -0.05) is 44.7 Å². The molecule has 2 atom stereocenters. The van der Waals surface area contributed by atoms with Crippen molar-refractivity contribution in [2.45, 2.75) is 56.1 Å². The molecule has 0 saturated carbocycles. The van der Waals surface area contributed by atoms with E-state index in [1.54, 1.807) is 0 Å². The van der Waals surface area contributed by atoms with Crippen LogP contribution in [-0.4, -0.2) is 17.9 Å². The first-order chi connectivity index (χ1) is 8.81. The Balaban J connectivity index is 1.81. The van der Waals surface area contributed by atoms with Crippen LogP contribution in [0.25, 0.3) is 0 Å². The van der Waals surface area contributed by atoms with Gasteiger partial charge in [-0.15, -0.1) is 11.8 Å². The fourth-order valence-electron chi connectivity index (χ4n) is 2.24. The lowest BCUT2D eigenvalue weighted by molar-refractivity contribution is 0.178. The van der Waals surface area contributed by atoms with E-state index in [0.29, 0.717) is 0 Å². The molecule has 2 nitrogen and oxygen atoms in total. The van der Waals surface area contributed by atoms with Crippen LogP contribution in [0.4, 0.5) is 0 Å². The van der Waals surface area contributed by atoms with E-state index in [4.69, 9.17) is 10.5 Å². The van der Waals surface area contributed by atoms with Gasteiger partial charge in [0.15, 0.2) is 0 Å². The Kier molecular flexibility index (Phi) is 5.39. The van der Waals surface area contributed by atoms with Gasteiger partial charge in [0.1, 0.15) is 11.9 Å². The first-order valence-electron chi connectivity index (χ1n) is 6.95. The molecule has 2 rings (SSSR count). The molecule has 1 heterocycles. The van der Waals surface area contributed by atoms with Crippen molar-refractivity contribution in [1.29, 1.82) is 0 Å². The van der Waals surface area contributed by atoms with Gasteiger partial charge in [0.25, 0.3) is 0 Å². The normalized spacial score (nSPS) is 20.0. The summed E-state index contributed by atoms with van der Waals surface area (Å²) < 4.78 is 6.00. The molecule has 3 heteroatoms. The summed E-state index contributed by atoms with van der Waals surface area (Å²) >= 11 is 1.86. The Bertz CT molecular complexity index is 369. The zero-order chi connectivity index (χ0) is 12.8. The third-order valence-electron chi connectivity index (χ3n) is 3.40. The summed E-state index contributed by atoms with van der Waals surface area (Å²) in [5, 5.41) is 0. The van der Waals surface area contributed by atoms with Crippen LogP contribution in [0.3, 0.4) is 0 Å². The van der Waals surface area contributed by atoms with Gasteiger partial charge < -0.3 is 10.5 Å². The molecular weight excluding hydrogens is 242 g/mol. The summed E-state index contributed by atoms with van der Waals surface area (Å²) in [4.78, 5) is 1.24. The molecule has 0 bridgehead atoms. The molecule has 0 aromatic heterocycles. The first-order valence-corrected chi connectivity index (χ1v) is 7.94. The molecular formula is C15H23NOS. The summed E-state index contributed by atoms with van der Waals surface area (Å²) in [6.07, 6.45) is 6.36. The molecule has 18 heavy (non-hydrogen) atoms. The topological polar surface area (TPSA) is 35.2 Å². The van der Waals surface area contributed by atoms with Crippen LogP contribution < -0.4 is 10.5 Å². The molecule has 0 aliphatic carbocycles. The summed E-state index contributed by atoms with van der Waals surface area (Å²) in [5.41, 5.74) is 6.25. The minimum atomic E-state index is 0.169. The predicted octanol–water partition coefficient (Wildman–Crippen LogP) is 3.84. The zero-order valence-corrected chi connectivity index (χ0v) is 11.9. The van der Waals surface area contributed by atoms with E-state index in [0.717, 1.165) is 17.9 Å². The third kappa shape index (κ3) is 3.66. The molecule has 1 aliphatic rings. The maximum atomic E-state index is 6.25. The van der Waals surface area contributed by atoms with Gasteiger partial charge in [0.2, 0.25) is 0 Å². The molecule has 0 radical (unpaired) electrons. The van der Waals surface area contributed by atoms with E-state index in [1.165, 1.54) is 30.6 Å². The molecule has 1 aromatic carbocycles. The van der Waals surface area contributed by atoms with Crippen molar-refractivity contribution in [3.8, 4) is 5.75 Å². The van der Waals surface area contributed by atoms with Gasteiger partial charge in [-0.3, -0.25) is 0 Å². The number of hydrogen-bond donors (Lipinski definition) is 1. The Morgan fingerprint density at radius 3 is 3.00 bits per heavy atom. The van der Waals surface area contributed by atoms with Crippen LogP contribution in [0, 0.1) is 0 Å². The Labute approximate surface area is 114 Å². The van der Waals surface area contributed by atoms with Crippen molar-refractivity contribution in [3.05, 3.63) is 24.3 Å². The molecule has 2 unspecified atom stereocenters. The second-order valence-electron chi connectivity index (χ2n) is 4.93. The fourth-order valence-corrected chi connectivity index (χ4v) is 3.33. The van der Waals surface area contributed by atoms with Crippen molar-refractivity contribution >= 4 is 11.8 Å². The number of para-hydroxylation sites is 1. The number of ether oxygens (including phenoxy) is 1. The van der Waals surface area contributed by atoms with Crippen LogP contribution in [0.5, 0.6) is 5.75 Å². The summed E-state index contributed by atoms with van der Waals surface area (Å²) in [5.74, 6) is 1.98. The number of unbranched alkanes of at least 4 members (excludes halogenated alkanes) is 3. The van der Waals surface area contributed by atoms with Gasteiger partial charge in [0, 0.05) is 16.7 Å². The van der Waals surface area contributed by atoms with Gasteiger partial charge in [-0.2, -0.15) is 0 Å². The highest BCUT2D eigenvalue weighted by atomic mass is 32.2. The maximum Gasteiger partial charge on any atom is 0.133 e. The number of nitrogens with two attached hydrogens (primary N) is 1. The van der Waals surface area contributed by atoms with Crippen molar-refractivity contribution in [2.24, 2.45) is 5.73 Å². The van der Waals surface area contributed by atoms with Gasteiger partial charge in [-0.05, 0) is 18.6 Å². The second-order valence-corrected chi connectivity index (χ2v) is 5.99. The van der Waals surface area contributed by atoms with Gasteiger partial charge in [-0.25, -0.2) is 0 Å². The molecule has 0 saturated heterocycles. The highest BCUT2D eigenvalue weighted by molar-refractivity contribution is 7.99. The van der Waals surface area contributed by atoms with Gasteiger partial charge >= 0.3 is 0 Å². The van der Waals surface area contributed by atoms with Crippen LogP contribution >= 0.6 is 11.8 Å². The van der Waals surface area contributed by atoms with Crippen molar-refractivity contribution in [1.82, 2.24) is 0 Å². The molecule has 1 aromatic rings. The Morgan fingerprint density at radius 2 is 2.17 bits per heavy atom. The largest absolute Gasteiger partial charge is 0.487 e. The van der Waals surface area contributed by atoms with E-state index in [9.17, 15) is 0 Å². The minimum Gasteiger partial charge on any atom is -0.487 e. The predicted molar refractivity (Wildman–Crippen MR) is 78.3 cm³/mol. The van der Waals surface area contributed by atoms with Gasteiger partial charge in [0.05, 0.1) is 0 Å². The smallest absolute Gasteiger partial charge is 0.133 e. The summed E-state index contributed by atoms with van der Waals surface area (Å²) in [7, 11) is 0. The molecule has 100 valence electrons. The lowest BCUT2D eigenvalue weighted by Crippen LogP contribution is -2.42. The zero-order valence-electron chi connectivity index (χ0n) is 11.1. The van der Waals surface area contributed by atoms with Crippen molar-refractivity contribution < 1.29 is 4.74 Å². The summed E-state index contributed by atoms with van der Waals surface area (Å²) in [6, 6.07) is 8.40. The van der Waals surface area contributed by atoms with E-state index >= 15 is 0 Å². The van der Waals surface area contributed by atoms with E-state index < -0.39 is 0 Å². The number of benzene rings is 1. The van der Waals surface area contributed by atoms with Crippen molar-refractivity contribution in [2.75, 3.05) is 5.75 Å². The SMILES string of the molecule is CCCCCCC(N)C1CSc2ccccc2O1. The van der Waals surface area contributed by atoms with Crippen molar-refractivity contribution in [3.63, 3.8) is 0 Å². The highest BCUT2D eigenvalue weighted by Crippen LogP contribution is 2.35. The summed E-state index contributed by atoms with van der Waals surface area (Å²) in [6.45, 7) is 2.23. The minimum absolute atomic E-state index is 0.169. The second kappa shape index (κ2) is 7.05. The number of rotatable bonds is 6. The fraction of sp³-hybridized carbons (Fsp3) is 0.600. The Morgan fingerprint density at radius 1 is 1.33 bits per heavy atom. The quantitative estimate of drug-likeness (QED) is 0.794. The number of fused-ring (bicyclic) bond motifs is 1. The average Bonchev–Trinajstić information content (AvgIpc) is 2.43. The third-order valence-corrected chi connectivity index (χ3v) is 4.54. The maximum absolute atomic E-state index is 6.25. The number of thioether (sulfide) groups is 1. The van der Waals surface area contributed by atoms with E-state index in [2.05, 4.69) is 19.1 Å². The van der Waals surface area contributed by atoms with Crippen LogP contribution in [0.2, 0.25) is 0 Å². The van der Waals surface area contributed by atoms with Crippen LogP contribution in [0.15, 0.2) is 29.2 Å². The first kappa shape index (κ1) is 13.8.